The zero-order valence-electron chi connectivity index (χ0n) is 35.2. The van der Waals surface area contributed by atoms with Gasteiger partial charge in [-0.1, -0.05) is 0 Å². The maximum absolute atomic E-state index is 6.69. The molecule has 0 aromatic carbocycles. The summed E-state index contributed by atoms with van der Waals surface area (Å²) in [7, 11) is 4.81. The Labute approximate surface area is 316 Å². The molecule has 0 bridgehead atoms. The average Bonchev–Trinajstić information content (AvgIpc) is 3.69. The summed E-state index contributed by atoms with van der Waals surface area (Å²) in [6.45, 7) is 29.3. The van der Waals surface area contributed by atoms with Gasteiger partial charge in [-0.15, -0.1) is 0 Å². The molecule has 0 aliphatic carbocycles. The van der Waals surface area contributed by atoms with Crippen LogP contribution in [-0.2, 0) is 42.0 Å². The zero-order chi connectivity index (χ0) is 38.4. The second-order valence-corrected chi connectivity index (χ2v) is 21.8. The molecule has 0 N–H and O–H groups in total. The van der Waals surface area contributed by atoms with Crippen molar-refractivity contribution in [1.29, 1.82) is 0 Å². The first-order valence-corrected chi connectivity index (χ1v) is 20.7. The molecule has 0 saturated carbocycles. The van der Waals surface area contributed by atoms with E-state index in [2.05, 4.69) is 119 Å². The molecule has 0 aromatic heterocycles. The maximum atomic E-state index is 6.69. The van der Waals surface area contributed by atoms with E-state index in [1.165, 1.54) is 0 Å². The van der Waals surface area contributed by atoms with Crippen LogP contribution in [0.2, 0.25) is 0 Å². The van der Waals surface area contributed by atoms with Crippen molar-refractivity contribution >= 4 is 8.60 Å². The van der Waals surface area contributed by atoms with Gasteiger partial charge in [0, 0.05) is 71.8 Å². The van der Waals surface area contributed by atoms with Crippen LogP contribution in [0.4, 0.5) is 0 Å². The van der Waals surface area contributed by atoms with Crippen LogP contribution in [0.3, 0.4) is 0 Å². The number of hydrogen-bond donors (Lipinski definition) is 0. The number of likely N-dealkylation sites (tertiary alicyclic amines) is 3. The molecule has 0 radical (unpaired) electrons. The first-order valence-electron chi connectivity index (χ1n) is 19.6. The summed E-state index contributed by atoms with van der Waals surface area (Å²) in [4.78, 5) is 7.30. The molecule has 6 saturated heterocycles. The standard InChI is InChI=1S/C39H72N3O9P/c1-31(2)22-37(23-32(3,4)40(31)13)43-16-28(49-37)19-46-52(47-20-29-17-44-38(50-29)24-33(5,6)41(14)34(7,8)25-38)48-21-30-18-45-39(51-30)26-35(9,10)42(15)36(11,12)27-39/h28-30H,16-27H2,1-15H3. The predicted molar refractivity (Wildman–Crippen MR) is 201 cm³/mol. The lowest BCUT2D eigenvalue weighted by molar-refractivity contribution is -0.243. The van der Waals surface area contributed by atoms with E-state index < -0.39 is 26.0 Å². The van der Waals surface area contributed by atoms with Crippen molar-refractivity contribution in [3.63, 3.8) is 0 Å². The Hall–Kier alpha value is -0.0500. The van der Waals surface area contributed by atoms with Gasteiger partial charge in [0.05, 0.1) is 39.6 Å². The molecule has 6 aliphatic rings. The van der Waals surface area contributed by atoms with Crippen LogP contribution in [0.15, 0.2) is 0 Å². The molecule has 12 nitrogen and oxygen atoms in total. The highest BCUT2D eigenvalue weighted by Gasteiger charge is 2.58. The summed E-state index contributed by atoms with van der Waals surface area (Å²) < 4.78 is 58.7. The first kappa shape index (κ1) is 41.6. The van der Waals surface area contributed by atoms with Gasteiger partial charge < -0.3 is 42.0 Å². The van der Waals surface area contributed by atoms with Gasteiger partial charge in [-0.25, -0.2) is 0 Å². The summed E-state index contributed by atoms with van der Waals surface area (Å²) in [6.07, 6.45) is 4.01. The number of nitrogens with zero attached hydrogens (tertiary/aromatic N) is 3. The minimum Gasteiger partial charge on any atom is -0.347 e. The normalized spacial score (nSPS) is 36.2. The van der Waals surface area contributed by atoms with E-state index in [-0.39, 0.29) is 51.5 Å². The second kappa shape index (κ2) is 13.8. The quantitative estimate of drug-likeness (QED) is 0.242. The van der Waals surface area contributed by atoms with Gasteiger partial charge in [-0.05, 0) is 104 Å². The van der Waals surface area contributed by atoms with Crippen LogP contribution in [0.25, 0.3) is 0 Å². The molecule has 13 heteroatoms. The van der Waals surface area contributed by atoms with E-state index >= 15 is 0 Å². The highest BCUT2D eigenvalue weighted by atomic mass is 31.2. The van der Waals surface area contributed by atoms with E-state index in [1.807, 2.05) is 0 Å². The molecule has 3 unspecified atom stereocenters. The molecule has 0 aromatic rings. The van der Waals surface area contributed by atoms with Gasteiger partial charge in [0.25, 0.3) is 0 Å². The Bertz CT molecular complexity index is 1090. The highest BCUT2D eigenvalue weighted by Crippen LogP contribution is 2.52. The van der Waals surface area contributed by atoms with E-state index in [1.54, 1.807) is 0 Å². The van der Waals surface area contributed by atoms with Crippen molar-refractivity contribution in [3.05, 3.63) is 0 Å². The summed E-state index contributed by atoms with van der Waals surface area (Å²) >= 11 is 0. The van der Waals surface area contributed by atoms with Crippen LogP contribution in [0, 0.1) is 0 Å². The molecule has 3 atom stereocenters. The van der Waals surface area contributed by atoms with Crippen molar-refractivity contribution < 1.29 is 42.0 Å². The number of ether oxygens (including phenoxy) is 6. The maximum Gasteiger partial charge on any atom is 0.332 e. The lowest BCUT2D eigenvalue weighted by Crippen LogP contribution is -2.64. The fraction of sp³-hybridized carbons (Fsp3) is 1.00. The van der Waals surface area contributed by atoms with Crippen molar-refractivity contribution in [3.8, 4) is 0 Å². The van der Waals surface area contributed by atoms with Gasteiger partial charge in [0.15, 0.2) is 17.4 Å². The summed E-state index contributed by atoms with van der Waals surface area (Å²) in [5.41, 5.74) is -0.452. The molecule has 3 spiro atoms. The average molecular weight is 758 g/mol. The van der Waals surface area contributed by atoms with E-state index in [0.717, 1.165) is 38.5 Å². The summed E-state index contributed by atoms with van der Waals surface area (Å²) in [5.74, 6) is -1.93. The van der Waals surface area contributed by atoms with Crippen LogP contribution in [0.5, 0.6) is 0 Å². The molecule has 52 heavy (non-hydrogen) atoms. The van der Waals surface area contributed by atoms with E-state index in [0.29, 0.717) is 39.6 Å². The topological polar surface area (TPSA) is 92.8 Å². The fourth-order valence-electron chi connectivity index (χ4n) is 10.5. The molecule has 6 rings (SSSR count). The zero-order valence-corrected chi connectivity index (χ0v) is 36.1. The van der Waals surface area contributed by atoms with Gasteiger partial charge in [-0.2, -0.15) is 0 Å². The highest BCUT2D eigenvalue weighted by molar-refractivity contribution is 7.41. The SMILES string of the molecule is CN1C(C)(C)CC2(CC1(C)C)OCC(COP(OCC1COC3(CC(C)(C)N(C)C(C)(C)C3)O1)OCC1COC3(CC(C)(C)N(C)C(C)(C)C3)O1)O2. The van der Waals surface area contributed by atoms with Crippen LogP contribution < -0.4 is 0 Å². The molecular weight excluding hydrogens is 685 g/mol. The monoisotopic (exact) mass is 758 g/mol. The third-order valence-electron chi connectivity index (χ3n) is 13.5. The van der Waals surface area contributed by atoms with Crippen LogP contribution in [-0.4, -0.2) is 144 Å². The summed E-state index contributed by atoms with van der Waals surface area (Å²) in [6, 6.07) is 0. The predicted octanol–water partition coefficient (Wildman–Crippen LogP) is 6.45. The first-order chi connectivity index (χ1) is 23.7. The minimum absolute atomic E-state index is 0.0753. The lowest BCUT2D eigenvalue weighted by atomic mass is 9.76. The molecule has 6 fully saturated rings. The Kier molecular flexibility index (Phi) is 11.0. The Morgan fingerprint density at radius 2 is 0.635 bits per heavy atom. The smallest absolute Gasteiger partial charge is 0.332 e. The third-order valence-corrected chi connectivity index (χ3v) is 14.6. The molecular formula is C39H72N3O9P. The van der Waals surface area contributed by atoms with Gasteiger partial charge in [-0.3, -0.25) is 14.7 Å². The van der Waals surface area contributed by atoms with Crippen molar-refractivity contribution in [2.24, 2.45) is 0 Å². The molecule has 6 heterocycles. The van der Waals surface area contributed by atoms with Gasteiger partial charge >= 0.3 is 8.60 Å². The second-order valence-electron chi connectivity index (χ2n) is 20.6. The summed E-state index contributed by atoms with van der Waals surface area (Å²) in [5, 5.41) is 0. The van der Waals surface area contributed by atoms with E-state index in [9.17, 15) is 0 Å². The Morgan fingerprint density at radius 3 is 0.846 bits per heavy atom. The number of rotatable bonds is 9. The molecule has 302 valence electrons. The fourth-order valence-corrected chi connectivity index (χ4v) is 11.6. The van der Waals surface area contributed by atoms with Crippen LogP contribution >= 0.6 is 8.60 Å². The van der Waals surface area contributed by atoms with Crippen molar-refractivity contribution in [1.82, 2.24) is 14.7 Å². The van der Waals surface area contributed by atoms with Gasteiger partial charge in [0.2, 0.25) is 0 Å². The van der Waals surface area contributed by atoms with Crippen LogP contribution in [0.1, 0.15) is 122 Å². The molecule has 0 amide bonds. The van der Waals surface area contributed by atoms with Gasteiger partial charge in [0.1, 0.15) is 18.3 Å². The lowest BCUT2D eigenvalue weighted by Gasteiger charge is -2.56. The largest absolute Gasteiger partial charge is 0.347 e. The Balaban J connectivity index is 1.09. The molecule has 6 aliphatic heterocycles. The third kappa shape index (κ3) is 8.32. The minimum atomic E-state index is -1.76. The Morgan fingerprint density at radius 1 is 0.423 bits per heavy atom. The number of piperidine rings is 3. The van der Waals surface area contributed by atoms with Crippen molar-refractivity contribution in [2.75, 3.05) is 60.8 Å². The van der Waals surface area contributed by atoms with Crippen molar-refractivity contribution in [2.45, 2.75) is 191 Å². The number of hydrogen-bond acceptors (Lipinski definition) is 12. The van der Waals surface area contributed by atoms with E-state index in [4.69, 9.17) is 42.0 Å².